The highest BCUT2D eigenvalue weighted by molar-refractivity contribution is 8.00. The Labute approximate surface area is 144 Å². The molecule has 0 bridgehead atoms. The summed E-state index contributed by atoms with van der Waals surface area (Å²) in [6.07, 6.45) is 0. The van der Waals surface area contributed by atoms with Crippen molar-refractivity contribution in [3.63, 3.8) is 0 Å². The first-order valence-electron chi connectivity index (χ1n) is 7.56. The zero-order chi connectivity index (χ0) is 17.1. The van der Waals surface area contributed by atoms with Crippen LogP contribution in [0.15, 0.2) is 48.5 Å². The van der Waals surface area contributed by atoms with Crippen LogP contribution in [0.2, 0.25) is 0 Å². The molecule has 0 aliphatic carbocycles. The quantitative estimate of drug-likeness (QED) is 0.923. The minimum absolute atomic E-state index is 0.000749. The van der Waals surface area contributed by atoms with E-state index in [0.717, 1.165) is 5.56 Å². The maximum atomic E-state index is 13.9. The second-order valence-electron chi connectivity index (χ2n) is 5.58. The summed E-state index contributed by atoms with van der Waals surface area (Å²) >= 11 is 1.52. The summed E-state index contributed by atoms with van der Waals surface area (Å²) in [6, 6.07) is 13.9. The first-order chi connectivity index (χ1) is 11.5. The van der Waals surface area contributed by atoms with Crippen LogP contribution in [0, 0.1) is 5.82 Å². The summed E-state index contributed by atoms with van der Waals surface area (Å²) in [5, 5.41) is 2.56. The van der Waals surface area contributed by atoms with Crippen LogP contribution in [0.1, 0.15) is 23.4 Å². The summed E-state index contributed by atoms with van der Waals surface area (Å²) in [6.45, 7) is 1.70. The van der Waals surface area contributed by atoms with Gasteiger partial charge in [0.25, 0.3) is 0 Å². The molecule has 2 amide bonds. The maximum Gasteiger partial charge on any atom is 0.234 e. The lowest BCUT2D eigenvalue weighted by Gasteiger charge is -2.24. The molecular weight excluding hydrogens is 327 g/mol. The van der Waals surface area contributed by atoms with Crippen LogP contribution < -0.4 is 5.32 Å². The molecule has 1 aliphatic heterocycles. The van der Waals surface area contributed by atoms with Crippen LogP contribution >= 0.6 is 11.8 Å². The van der Waals surface area contributed by atoms with Gasteiger partial charge in [-0.1, -0.05) is 30.3 Å². The highest BCUT2D eigenvalue weighted by Crippen LogP contribution is 2.40. The average Bonchev–Trinajstić information content (AvgIpc) is 2.91. The summed E-state index contributed by atoms with van der Waals surface area (Å²) < 4.78 is 13.9. The zero-order valence-electron chi connectivity index (χ0n) is 13.2. The molecule has 0 saturated carbocycles. The van der Waals surface area contributed by atoms with Crippen molar-refractivity contribution in [1.82, 2.24) is 4.90 Å². The van der Waals surface area contributed by atoms with Crippen molar-refractivity contribution in [3.05, 3.63) is 65.5 Å². The molecule has 0 aromatic heterocycles. The van der Waals surface area contributed by atoms with E-state index < -0.39 is 0 Å². The first-order valence-corrected chi connectivity index (χ1v) is 8.61. The summed E-state index contributed by atoms with van der Waals surface area (Å²) in [4.78, 5) is 25.0. The van der Waals surface area contributed by atoms with E-state index in [9.17, 15) is 14.0 Å². The summed E-state index contributed by atoms with van der Waals surface area (Å²) in [5.41, 5.74) is 2.17. The Morgan fingerprint density at radius 1 is 1.25 bits per heavy atom. The molecule has 1 heterocycles. The molecule has 6 heteroatoms. The van der Waals surface area contributed by atoms with E-state index in [-0.39, 0.29) is 29.6 Å². The van der Waals surface area contributed by atoms with Crippen LogP contribution in [0.4, 0.5) is 10.1 Å². The second kappa shape index (κ2) is 7.05. The molecule has 124 valence electrons. The smallest absolute Gasteiger partial charge is 0.234 e. The Kier molecular flexibility index (Phi) is 4.85. The Morgan fingerprint density at radius 3 is 2.62 bits per heavy atom. The monoisotopic (exact) mass is 344 g/mol. The third-order valence-electron chi connectivity index (χ3n) is 3.78. The van der Waals surface area contributed by atoms with E-state index in [1.807, 2.05) is 12.1 Å². The fourth-order valence-corrected chi connectivity index (χ4v) is 3.83. The topological polar surface area (TPSA) is 49.4 Å². The number of nitrogens with zero attached hydrogens (tertiary/aromatic N) is 1. The lowest BCUT2D eigenvalue weighted by Crippen LogP contribution is -2.28. The molecule has 24 heavy (non-hydrogen) atoms. The van der Waals surface area contributed by atoms with Crippen molar-refractivity contribution in [2.75, 3.05) is 11.1 Å². The fraction of sp³-hybridized carbons (Fsp3) is 0.222. The molecule has 2 aromatic rings. The van der Waals surface area contributed by atoms with Crippen molar-refractivity contribution >= 4 is 29.3 Å². The molecule has 0 radical (unpaired) electrons. The predicted octanol–water partition coefficient (Wildman–Crippen LogP) is 3.56. The van der Waals surface area contributed by atoms with Gasteiger partial charge in [-0.05, 0) is 23.8 Å². The van der Waals surface area contributed by atoms with Gasteiger partial charge in [0.1, 0.15) is 11.2 Å². The Bertz CT molecular complexity index is 764. The van der Waals surface area contributed by atoms with E-state index in [4.69, 9.17) is 0 Å². The molecule has 1 atom stereocenters. The standard InChI is InChI=1S/C18H17FN2O2S/c1-12(22)20-15-8-6-13(7-9-15)18-21(17(23)11-24-18)10-14-4-2-3-5-16(14)19/h2-9,18H,10-11H2,1H3,(H,20,22). The number of rotatable bonds is 4. The predicted molar refractivity (Wildman–Crippen MR) is 92.9 cm³/mol. The Balaban J connectivity index is 1.80. The van der Waals surface area contributed by atoms with Crippen molar-refractivity contribution in [2.45, 2.75) is 18.8 Å². The van der Waals surface area contributed by atoms with Gasteiger partial charge in [0.15, 0.2) is 0 Å². The number of thioether (sulfide) groups is 1. The molecule has 1 saturated heterocycles. The second-order valence-corrected chi connectivity index (χ2v) is 6.65. The molecule has 3 rings (SSSR count). The van der Waals surface area contributed by atoms with Crippen molar-refractivity contribution in [3.8, 4) is 0 Å². The number of anilines is 1. The Morgan fingerprint density at radius 2 is 1.96 bits per heavy atom. The molecule has 1 fully saturated rings. The lowest BCUT2D eigenvalue weighted by molar-refractivity contribution is -0.128. The van der Waals surface area contributed by atoms with E-state index in [1.54, 1.807) is 35.2 Å². The maximum absolute atomic E-state index is 13.9. The van der Waals surface area contributed by atoms with Gasteiger partial charge in [-0.3, -0.25) is 9.59 Å². The van der Waals surface area contributed by atoms with Crippen LogP contribution in [0.5, 0.6) is 0 Å². The van der Waals surface area contributed by atoms with Gasteiger partial charge in [0, 0.05) is 24.7 Å². The molecule has 1 aliphatic rings. The van der Waals surface area contributed by atoms with E-state index >= 15 is 0 Å². The van der Waals surface area contributed by atoms with Crippen molar-refractivity contribution < 1.29 is 14.0 Å². The molecule has 4 nitrogen and oxygen atoms in total. The highest BCUT2D eigenvalue weighted by Gasteiger charge is 2.33. The van der Waals surface area contributed by atoms with Crippen LogP contribution in [0.25, 0.3) is 0 Å². The minimum Gasteiger partial charge on any atom is -0.326 e. The van der Waals surface area contributed by atoms with Crippen LogP contribution in [-0.2, 0) is 16.1 Å². The molecule has 1 unspecified atom stereocenters. The average molecular weight is 344 g/mol. The van der Waals surface area contributed by atoms with E-state index in [0.29, 0.717) is 17.0 Å². The normalized spacial score (nSPS) is 17.2. The number of hydrogen-bond acceptors (Lipinski definition) is 3. The number of amides is 2. The van der Waals surface area contributed by atoms with Crippen molar-refractivity contribution in [2.24, 2.45) is 0 Å². The summed E-state index contributed by atoms with van der Waals surface area (Å²) in [5.74, 6) is -0.0532. The number of carbonyl (C=O) groups excluding carboxylic acids is 2. The van der Waals surface area contributed by atoms with Gasteiger partial charge in [0.2, 0.25) is 11.8 Å². The van der Waals surface area contributed by atoms with Crippen LogP contribution in [-0.4, -0.2) is 22.5 Å². The number of carbonyl (C=O) groups is 2. The van der Waals surface area contributed by atoms with Gasteiger partial charge < -0.3 is 10.2 Å². The van der Waals surface area contributed by atoms with Crippen LogP contribution in [0.3, 0.4) is 0 Å². The lowest BCUT2D eigenvalue weighted by atomic mass is 10.1. The van der Waals surface area contributed by atoms with Gasteiger partial charge in [-0.2, -0.15) is 0 Å². The van der Waals surface area contributed by atoms with Crippen molar-refractivity contribution in [1.29, 1.82) is 0 Å². The number of halogens is 1. The molecule has 2 aromatic carbocycles. The zero-order valence-corrected chi connectivity index (χ0v) is 14.0. The molecular formula is C18H17FN2O2S. The minimum atomic E-state index is -0.304. The van der Waals surface area contributed by atoms with Gasteiger partial charge in [-0.25, -0.2) is 4.39 Å². The molecule has 1 N–H and O–H groups in total. The third-order valence-corrected chi connectivity index (χ3v) is 5.04. The van der Waals surface area contributed by atoms with E-state index in [1.165, 1.54) is 24.8 Å². The summed E-state index contributed by atoms with van der Waals surface area (Å²) in [7, 11) is 0. The van der Waals surface area contributed by atoms with Gasteiger partial charge in [0.05, 0.1) is 5.75 Å². The largest absolute Gasteiger partial charge is 0.326 e. The van der Waals surface area contributed by atoms with Gasteiger partial charge >= 0.3 is 0 Å². The highest BCUT2D eigenvalue weighted by atomic mass is 32.2. The first kappa shape index (κ1) is 16.5. The Hall–Kier alpha value is -2.34. The number of nitrogens with one attached hydrogen (secondary N) is 1. The third kappa shape index (κ3) is 3.59. The fourth-order valence-electron chi connectivity index (χ4n) is 2.65. The SMILES string of the molecule is CC(=O)Nc1ccc(C2SCC(=O)N2Cc2ccccc2F)cc1. The molecule has 0 spiro atoms. The van der Waals surface area contributed by atoms with E-state index in [2.05, 4.69) is 5.32 Å². The number of hydrogen-bond donors (Lipinski definition) is 1. The van der Waals surface area contributed by atoms with Gasteiger partial charge in [-0.15, -0.1) is 11.8 Å². The number of benzene rings is 2.